The van der Waals surface area contributed by atoms with Gasteiger partial charge in [-0.25, -0.2) is 0 Å². The summed E-state index contributed by atoms with van der Waals surface area (Å²) < 4.78 is 0. The molecular formula is C12H24. The molecule has 0 aromatic heterocycles. The average molecular weight is 168 g/mol. The molecule has 0 saturated carbocycles. The molecule has 12 heavy (non-hydrogen) atoms. The van der Waals surface area contributed by atoms with Gasteiger partial charge in [0.05, 0.1) is 0 Å². The average Bonchev–Trinajstić information content (AvgIpc) is 1.83. The van der Waals surface area contributed by atoms with E-state index >= 15 is 0 Å². The molecule has 0 bridgehead atoms. The predicted octanol–water partition coefficient (Wildman–Crippen LogP) is 4.42. The van der Waals surface area contributed by atoms with Gasteiger partial charge in [0.15, 0.2) is 0 Å². The zero-order valence-electron chi connectivity index (χ0n) is 9.35. The van der Waals surface area contributed by atoms with Crippen LogP contribution in [0.3, 0.4) is 0 Å². The van der Waals surface area contributed by atoms with E-state index in [2.05, 4.69) is 46.8 Å². The molecule has 0 heteroatoms. The fraction of sp³-hybridized carbons (Fsp3) is 0.833. The monoisotopic (exact) mass is 168 g/mol. The maximum atomic E-state index is 2.32. The van der Waals surface area contributed by atoms with Gasteiger partial charge in [-0.05, 0) is 30.6 Å². The van der Waals surface area contributed by atoms with Crippen molar-refractivity contribution in [3.63, 3.8) is 0 Å². The van der Waals surface area contributed by atoms with E-state index in [4.69, 9.17) is 0 Å². The molecule has 0 aliphatic heterocycles. The van der Waals surface area contributed by atoms with Crippen molar-refractivity contribution in [3.05, 3.63) is 12.2 Å². The molecule has 0 amide bonds. The predicted molar refractivity (Wildman–Crippen MR) is 57.3 cm³/mol. The van der Waals surface area contributed by atoms with Crippen LogP contribution in [0.25, 0.3) is 0 Å². The highest BCUT2D eigenvalue weighted by Crippen LogP contribution is 2.21. The number of hydrogen-bond donors (Lipinski definition) is 0. The molecule has 0 spiro atoms. The molecular weight excluding hydrogens is 144 g/mol. The SMILES string of the molecule is CC(C)/C=C\CCCC(C)(C)C. The van der Waals surface area contributed by atoms with E-state index in [0.29, 0.717) is 11.3 Å². The van der Waals surface area contributed by atoms with Crippen molar-refractivity contribution >= 4 is 0 Å². The summed E-state index contributed by atoms with van der Waals surface area (Å²) in [5.41, 5.74) is 0.506. The lowest BCUT2D eigenvalue weighted by molar-refractivity contribution is 0.367. The van der Waals surface area contributed by atoms with E-state index in [1.54, 1.807) is 0 Å². The summed E-state index contributed by atoms with van der Waals surface area (Å²) in [5, 5.41) is 0. The number of unbranched alkanes of at least 4 members (excludes halogenated alkanes) is 1. The minimum Gasteiger partial charge on any atom is -0.0883 e. The summed E-state index contributed by atoms with van der Waals surface area (Å²) >= 11 is 0. The molecule has 0 unspecified atom stereocenters. The lowest BCUT2D eigenvalue weighted by Crippen LogP contribution is -2.03. The van der Waals surface area contributed by atoms with Crippen molar-refractivity contribution < 1.29 is 0 Å². The lowest BCUT2D eigenvalue weighted by Gasteiger charge is -2.16. The Morgan fingerprint density at radius 1 is 1.17 bits per heavy atom. The Morgan fingerprint density at radius 2 is 1.75 bits per heavy atom. The van der Waals surface area contributed by atoms with Crippen LogP contribution in [0.5, 0.6) is 0 Å². The normalized spacial score (nSPS) is 13.2. The van der Waals surface area contributed by atoms with Gasteiger partial charge in [-0.3, -0.25) is 0 Å². The molecule has 0 radical (unpaired) electrons. The maximum Gasteiger partial charge on any atom is -0.0290 e. The molecule has 72 valence electrons. The molecule has 0 aromatic rings. The van der Waals surface area contributed by atoms with Crippen LogP contribution in [0.1, 0.15) is 53.9 Å². The number of hydrogen-bond acceptors (Lipinski definition) is 0. The standard InChI is InChI=1S/C12H24/c1-11(2)9-7-6-8-10-12(3,4)5/h7,9,11H,6,8,10H2,1-5H3/b9-7-. The van der Waals surface area contributed by atoms with Crippen LogP contribution in [-0.4, -0.2) is 0 Å². The van der Waals surface area contributed by atoms with Crippen LogP contribution in [0.15, 0.2) is 12.2 Å². The van der Waals surface area contributed by atoms with E-state index in [0.717, 1.165) is 0 Å². The Bertz CT molecular complexity index is 123. The summed E-state index contributed by atoms with van der Waals surface area (Å²) in [6.45, 7) is 11.4. The Kier molecular flexibility index (Phi) is 5.28. The highest BCUT2D eigenvalue weighted by molar-refractivity contribution is 4.84. The van der Waals surface area contributed by atoms with Gasteiger partial charge in [-0.2, -0.15) is 0 Å². The van der Waals surface area contributed by atoms with E-state index in [1.165, 1.54) is 19.3 Å². The van der Waals surface area contributed by atoms with Crippen molar-refractivity contribution in [2.45, 2.75) is 53.9 Å². The summed E-state index contributed by atoms with van der Waals surface area (Å²) in [6, 6.07) is 0. The smallest absolute Gasteiger partial charge is 0.0290 e. The van der Waals surface area contributed by atoms with Gasteiger partial charge >= 0.3 is 0 Å². The van der Waals surface area contributed by atoms with E-state index in [1.807, 2.05) is 0 Å². The molecule has 0 atom stereocenters. The quantitative estimate of drug-likeness (QED) is 0.431. The van der Waals surface area contributed by atoms with E-state index < -0.39 is 0 Å². The summed E-state index contributed by atoms with van der Waals surface area (Å²) in [5.74, 6) is 0.708. The first kappa shape index (κ1) is 11.7. The van der Waals surface area contributed by atoms with Gasteiger partial charge in [-0.1, -0.05) is 46.8 Å². The van der Waals surface area contributed by atoms with Crippen LogP contribution in [0, 0.1) is 11.3 Å². The Labute approximate surface area is 78.1 Å². The summed E-state index contributed by atoms with van der Waals surface area (Å²) in [7, 11) is 0. The van der Waals surface area contributed by atoms with Gasteiger partial charge in [0.2, 0.25) is 0 Å². The van der Waals surface area contributed by atoms with Gasteiger partial charge in [0.1, 0.15) is 0 Å². The number of allylic oxidation sites excluding steroid dienone is 2. The number of rotatable bonds is 4. The van der Waals surface area contributed by atoms with Crippen LogP contribution in [0.4, 0.5) is 0 Å². The third kappa shape index (κ3) is 9.74. The molecule has 0 heterocycles. The molecule has 0 rings (SSSR count). The summed E-state index contributed by atoms with van der Waals surface area (Å²) in [4.78, 5) is 0. The van der Waals surface area contributed by atoms with Gasteiger partial charge in [0, 0.05) is 0 Å². The van der Waals surface area contributed by atoms with Crippen LogP contribution in [-0.2, 0) is 0 Å². The first-order chi connectivity index (χ1) is 5.42. The minimum atomic E-state index is 0.506. The third-order valence-corrected chi connectivity index (χ3v) is 1.82. The molecule has 0 aliphatic carbocycles. The fourth-order valence-electron chi connectivity index (χ4n) is 1.12. The van der Waals surface area contributed by atoms with Crippen LogP contribution >= 0.6 is 0 Å². The largest absolute Gasteiger partial charge is 0.0883 e. The fourth-order valence-corrected chi connectivity index (χ4v) is 1.12. The molecule has 0 nitrogen and oxygen atoms in total. The Hall–Kier alpha value is -0.260. The second kappa shape index (κ2) is 5.40. The van der Waals surface area contributed by atoms with Gasteiger partial charge in [-0.15, -0.1) is 0 Å². The molecule has 0 saturated heterocycles. The molecule has 0 aliphatic rings. The van der Waals surface area contributed by atoms with Gasteiger partial charge < -0.3 is 0 Å². The highest BCUT2D eigenvalue weighted by Gasteiger charge is 2.07. The van der Waals surface area contributed by atoms with Crippen molar-refractivity contribution in [2.24, 2.45) is 11.3 Å². The van der Waals surface area contributed by atoms with E-state index in [9.17, 15) is 0 Å². The van der Waals surface area contributed by atoms with Crippen LogP contribution < -0.4 is 0 Å². The molecule has 0 fully saturated rings. The zero-order valence-corrected chi connectivity index (χ0v) is 9.35. The topological polar surface area (TPSA) is 0 Å². The van der Waals surface area contributed by atoms with Crippen LogP contribution in [0.2, 0.25) is 0 Å². The Balaban J connectivity index is 3.34. The summed E-state index contributed by atoms with van der Waals surface area (Å²) in [6.07, 6.45) is 8.51. The molecule has 0 N–H and O–H groups in total. The van der Waals surface area contributed by atoms with Crippen molar-refractivity contribution in [1.82, 2.24) is 0 Å². The Morgan fingerprint density at radius 3 is 2.17 bits per heavy atom. The lowest BCUT2D eigenvalue weighted by atomic mass is 9.90. The van der Waals surface area contributed by atoms with Crippen molar-refractivity contribution in [1.29, 1.82) is 0 Å². The zero-order chi connectivity index (χ0) is 9.61. The van der Waals surface area contributed by atoms with Crippen molar-refractivity contribution in [3.8, 4) is 0 Å². The first-order valence-corrected chi connectivity index (χ1v) is 5.08. The highest BCUT2D eigenvalue weighted by atomic mass is 14.1. The van der Waals surface area contributed by atoms with Crippen molar-refractivity contribution in [2.75, 3.05) is 0 Å². The third-order valence-electron chi connectivity index (χ3n) is 1.82. The second-order valence-electron chi connectivity index (χ2n) is 5.13. The van der Waals surface area contributed by atoms with E-state index in [-0.39, 0.29) is 0 Å². The minimum absolute atomic E-state index is 0.506. The molecule has 0 aromatic carbocycles. The maximum absolute atomic E-state index is 2.32. The van der Waals surface area contributed by atoms with Gasteiger partial charge in [0.25, 0.3) is 0 Å². The second-order valence-corrected chi connectivity index (χ2v) is 5.13. The first-order valence-electron chi connectivity index (χ1n) is 5.08.